The second-order valence-corrected chi connectivity index (χ2v) is 5.87. The van der Waals surface area contributed by atoms with E-state index in [1.807, 2.05) is 18.2 Å². The highest BCUT2D eigenvalue weighted by atomic mass is 16.1. The monoisotopic (exact) mass is 312 g/mol. The van der Waals surface area contributed by atoms with Gasteiger partial charge in [0.1, 0.15) is 5.69 Å². The molecule has 0 radical (unpaired) electrons. The molecule has 0 fully saturated rings. The van der Waals surface area contributed by atoms with Crippen molar-refractivity contribution in [2.45, 2.75) is 26.7 Å². The highest BCUT2D eigenvalue weighted by Crippen LogP contribution is 2.04. The molecule has 2 rings (SSSR count). The molecule has 5 heteroatoms. The summed E-state index contributed by atoms with van der Waals surface area (Å²) < 4.78 is 0. The summed E-state index contributed by atoms with van der Waals surface area (Å²) in [5.41, 5.74) is 1.65. The molecule has 0 saturated carbocycles. The molecule has 122 valence electrons. The zero-order valence-electron chi connectivity index (χ0n) is 13.7. The molecule has 1 heterocycles. The van der Waals surface area contributed by atoms with Crippen molar-refractivity contribution in [1.29, 1.82) is 0 Å². The maximum absolute atomic E-state index is 12.0. The SMILES string of the molecule is CC(C)CCNC(=O)c1ccnc(NCCc2ccccc2)n1. The van der Waals surface area contributed by atoms with Gasteiger partial charge >= 0.3 is 0 Å². The number of benzene rings is 1. The van der Waals surface area contributed by atoms with Gasteiger partial charge in [0.05, 0.1) is 0 Å². The largest absolute Gasteiger partial charge is 0.354 e. The van der Waals surface area contributed by atoms with Gasteiger partial charge in [0.15, 0.2) is 0 Å². The Labute approximate surface area is 137 Å². The van der Waals surface area contributed by atoms with Gasteiger partial charge in [-0.05, 0) is 30.4 Å². The minimum Gasteiger partial charge on any atom is -0.354 e. The van der Waals surface area contributed by atoms with Gasteiger partial charge in [-0.1, -0.05) is 44.2 Å². The van der Waals surface area contributed by atoms with Crippen LogP contribution in [0.25, 0.3) is 0 Å². The number of amides is 1. The first-order valence-electron chi connectivity index (χ1n) is 8.04. The number of hydrogen-bond donors (Lipinski definition) is 2. The summed E-state index contributed by atoms with van der Waals surface area (Å²) in [6, 6.07) is 11.8. The molecule has 1 aromatic carbocycles. The van der Waals surface area contributed by atoms with Gasteiger partial charge in [-0.25, -0.2) is 9.97 Å². The Hall–Kier alpha value is -2.43. The third kappa shape index (κ3) is 6.06. The molecule has 5 nitrogen and oxygen atoms in total. The minimum absolute atomic E-state index is 0.154. The summed E-state index contributed by atoms with van der Waals surface area (Å²) in [5.74, 6) is 0.896. The number of rotatable bonds is 8. The highest BCUT2D eigenvalue weighted by molar-refractivity contribution is 5.92. The van der Waals surface area contributed by atoms with Crippen LogP contribution in [0.3, 0.4) is 0 Å². The Bertz CT molecular complexity index is 613. The zero-order chi connectivity index (χ0) is 16.5. The van der Waals surface area contributed by atoms with E-state index in [2.05, 4.69) is 46.6 Å². The normalized spacial score (nSPS) is 10.6. The van der Waals surface area contributed by atoms with Crippen LogP contribution in [0.1, 0.15) is 36.3 Å². The second-order valence-electron chi connectivity index (χ2n) is 5.87. The summed E-state index contributed by atoms with van der Waals surface area (Å²) in [6.45, 7) is 5.65. The van der Waals surface area contributed by atoms with E-state index in [-0.39, 0.29) is 5.91 Å². The molecule has 0 bridgehead atoms. The summed E-state index contributed by atoms with van der Waals surface area (Å²) in [5, 5.41) is 6.04. The molecule has 0 aliphatic rings. The Morgan fingerprint density at radius 3 is 2.65 bits per heavy atom. The predicted octanol–water partition coefficient (Wildman–Crippen LogP) is 2.91. The summed E-state index contributed by atoms with van der Waals surface area (Å²) in [6.07, 6.45) is 3.45. The lowest BCUT2D eigenvalue weighted by molar-refractivity contribution is 0.0947. The number of nitrogens with one attached hydrogen (secondary N) is 2. The smallest absolute Gasteiger partial charge is 0.270 e. The van der Waals surface area contributed by atoms with Crippen molar-refractivity contribution in [1.82, 2.24) is 15.3 Å². The maximum Gasteiger partial charge on any atom is 0.270 e. The van der Waals surface area contributed by atoms with Crippen LogP contribution in [-0.4, -0.2) is 29.0 Å². The van der Waals surface area contributed by atoms with Gasteiger partial charge in [0.2, 0.25) is 5.95 Å². The first kappa shape index (κ1) is 16.9. The van der Waals surface area contributed by atoms with Crippen LogP contribution in [-0.2, 0) is 6.42 Å². The lowest BCUT2D eigenvalue weighted by Crippen LogP contribution is -2.26. The van der Waals surface area contributed by atoms with Gasteiger partial charge in [0.25, 0.3) is 5.91 Å². The van der Waals surface area contributed by atoms with E-state index in [1.54, 1.807) is 12.3 Å². The molecule has 23 heavy (non-hydrogen) atoms. The van der Waals surface area contributed by atoms with Crippen molar-refractivity contribution >= 4 is 11.9 Å². The predicted molar refractivity (Wildman–Crippen MR) is 92.5 cm³/mol. The van der Waals surface area contributed by atoms with Crippen molar-refractivity contribution < 1.29 is 4.79 Å². The Morgan fingerprint density at radius 2 is 1.91 bits per heavy atom. The summed E-state index contributed by atoms with van der Waals surface area (Å²) in [7, 11) is 0. The molecule has 0 aliphatic heterocycles. The number of aromatic nitrogens is 2. The molecule has 2 aromatic rings. The fourth-order valence-electron chi connectivity index (χ4n) is 2.10. The molecule has 0 unspecified atom stereocenters. The number of nitrogens with zero attached hydrogens (tertiary/aromatic N) is 2. The van der Waals surface area contributed by atoms with Crippen molar-refractivity contribution in [3.63, 3.8) is 0 Å². The van der Waals surface area contributed by atoms with Crippen LogP contribution in [0.2, 0.25) is 0 Å². The summed E-state index contributed by atoms with van der Waals surface area (Å²) in [4.78, 5) is 20.5. The molecule has 2 N–H and O–H groups in total. The average Bonchev–Trinajstić information content (AvgIpc) is 2.56. The van der Waals surface area contributed by atoms with E-state index in [0.717, 1.165) is 19.4 Å². The average molecular weight is 312 g/mol. The van der Waals surface area contributed by atoms with Crippen molar-refractivity contribution in [3.05, 3.63) is 53.9 Å². The molecular formula is C18H24N4O. The molecule has 1 amide bonds. The van der Waals surface area contributed by atoms with E-state index in [0.29, 0.717) is 24.1 Å². The third-order valence-electron chi connectivity index (χ3n) is 3.44. The quantitative estimate of drug-likeness (QED) is 0.786. The first-order chi connectivity index (χ1) is 11.1. The van der Waals surface area contributed by atoms with E-state index in [4.69, 9.17) is 0 Å². The first-order valence-corrected chi connectivity index (χ1v) is 8.04. The number of anilines is 1. The molecule has 0 saturated heterocycles. The molecule has 0 spiro atoms. The van der Waals surface area contributed by atoms with E-state index in [9.17, 15) is 4.79 Å². The van der Waals surface area contributed by atoms with E-state index < -0.39 is 0 Å². The Balaban J connectivity index is 1.83. The van der Waals surface area contributed by atoms with Gasteiger partial charge < -0.3 is 10.6 Å². The zero-order valence-corrected chi connectivity index (χ0v) is 13.7. The standard InChI is InChI=1S/C18H24N4O/c1-14(2)8-11-19-17(23)16-10-13-21-18(22-16)20-12-9-15-6-4-3-5-7-15/h3-7,10,13-14H,8-9,11-12H2,1-2H3,(H,19,23)(H,20,21,22). The van der Waals surface area contributed by atoms with Crippen molar-refractivity contribution in [3.8, 4) is 0 Å². The topological polar surface area (TPSA) is 66.9 Å². The van der Waals surface area contributed by atoms with E-state index >= 15 is 0 Å². The van der Waals surface area contributed by atoms with Gasteiger partial charge in [-0.15, -0.1) is 0 Å². The lowest BCUT2D eigenvalue weighted by Gasteiger charge is -2.08. The van der Waals surface area contributed by atoms with Crippen molar-refractivity contribution in [2.24, 2.45) is 5.92 Å². The molecule has 1 aromatic heterocycles. The van der Waals surface area contributed by atoms with Crippen LogP contribution < -0.4 is 10.6 Å². The number of carbonyl (C=O) groups excluding carboxylic acids is 1. The second kappa shape index (κ2) is 8.88. The molecule has 0 atom stereocenters. The number of hydrogen-bond acceptors (Lipinski definition) is 4. The van der Waals surface area contributed by atoms with Crippen LogP contribution in [0.5, 0.6) is 0 Å². The van der Waals surface area contributed by atoms with Gasteiger partial charge in [-0.2, -0.15) is 0 Å². The van der Waals surface area contributed by atoms with Crippen LogP contribution in [0.15, 0.2) is 42.6 Å². The van der Waals surface area contributed by atoms with Gasteiger partial charge in [-0.3, -0.25) is 4.79 Å². The summed E-state index contributed by atoms with van der Waals surface area (Å²) >= 11 is 0. The maximum atomic E-state index is 12.0. The lowest BCUT2D eigenvalue weighted by atomic mass is 10.1. The minimum atomic E-state index is -0.154. The molecular weight excluding hydrogens is 288 g/mol. The number of carbonyl (C=O) groups is 1. The Kier molecular flexibility index (Phi) is 6.54. The highest BCUT2D eigenvalue weighted by Gasteiger charge is 2.08. The van der Waals surface area contributed by atoms with Gasteiger partial charge in [0, 0.05) is 19.3 Å². The molecule has 0 aliphatic carbocycles. The van der Waals surface area contributed by atoms with Crippen LogP contribution >= 0.6 is 0 Å². The third-order valence-corrected chi connectivity index (χ3v) is 3.44. The fourth-order valence-corrected chi connectivity index (χ4v) is 2.10. The fraction of sp³-hybridized carbons (Fsp3) is 0.389. The van der Waals surface area contributed by atoms with E-state index in [1.165, 1.54) is 5.56 Å². The van der Waals surface area contributed by atoms with Crippen LogP contribution in [0.4, 0.5) is 5.95 Å². The van der Waals surface area contributed by atoms with Crippen molar-refractivity contribution in [2.75, 3.05) is 18.4 Å². The van der Waals surface area contributed by atoms with Crippen LogP contribution in [0, 0.1) is 5.92 Å². The Morgan fingerprint density at radius 1 is 1.13 bits per heavy atom.